The minimum atomic E-state index is 0.670. The number of rotatable bonds is 5. The Labute approximate surface area is 164 Å². The van der Waals surface area contributed by atoms with Gasteiger partial charge in [-0.05, 0) is 45.9 Å². The van der Waals surface area contributed by atoms with Crippen molar-refractivity contribution in [1.29, 1.82) is 0 Å². The number of hydrogen-bond acceptors (Lipinski definition) is 2. The molecule has 4 aromatic rings. The summed E-state index contributed by atoms with van der Waals surface area (Å²) in [6.45, 7) is 0. The molecule has 0 atom stereocenters. The van der Waals surface area contributed by atoms with E-state index >= 15 is 0 Å². The molecule has 0 saturated heterocycles. The minimum absolute atomic E-state index is 0.670. The molecule has 0 spiro atoms. The Morgan fingerprint density at radius 3 is 1.75 bits per heavy atom. The molecular weight excluding hydrogens is 342 g/mol. The Kier molecular flexibility index (Phi) is 5.24. The van der Waals surface area contributed by atoms with Crippen LogP contribution in [-0.4, -0.2) is 6.08 Å². The molecule has 0 aliphatic carbocycles. The van der Waals surface area contributed by atoms with E-state index in [1.54, 1.807) is 6.08 Å². The second-order valence-corrected chi connectivity index (χ2v) is 6.65. The van der Waals surface area contributed by atoms with Crippen molar-refractivity contribution in [3.8, 4) is 22.3 Å². The first kappa shape index (κ1) is 17.7. The van der Waals surface area contributed by atoms with E-state index in [4.69, 9.17) is 0 Å². The van der Waals surface area contributed by atoms with Crippen molar-refractivity contribution in [2.24, 2.45) is 4.99 Å². The molecule has 0 aliphatic rings. The molecule has 2 nitrogen and oxygen atoms in total. The first-order valence-electron chi connectivity index (χ1n) is 9.24. The van der Waals surface area contributed by atoms with Crippen molar-refractivity contribution in [3.05, 3.63) is 114 Å². The van der Waals surface area contributed by atoms with Crippen LogP contribution in [0.5, 0.6) is 0 Å². The standard InChI is InChI=1S/C26H19NO/c28-19-27-26-18-24(22-9-5-2-6-10-22)15-16-25(26)17-20-11-13-23(14-12-20)21-7-3-1-4-8-21/h1-16,18H,17H2. The number of benzene rings is 4. The first-order chi connectivity index (χ1) is 13.8. The van der Waals surface area contributed by atoms with Crippen LogP contribution in [0.2, 0.25) is 0 Å². The van der Waals surface area contributed by atoms with Crippen LogP contribution in [-0.2, 0) is 11.2 Å². The molecule has 0 aliphatic heterocycles. The molecule has 4 aromatic carbocycles. The maximum absolute atomic E-state index is 10.9. The van der Waals surface area contributed by atoms with Crippen LogP contribution in [0.3, 0.4) is 0 Å². The minimum Gasteiger partial charge on any atom is -0.211 e. The normalized spacial score (nSPS) is 10.3. The summed E-state index contributed by atoms with van der Waals surface area (Å²) in [4.78, 5) is 14.9. The smallest absolute Gasteiger partial charge is 0.211 e. The molecule has 0 aromatic heterocycles. The average Bonchev–Trinajstić information content (AvgIpc) is 2.77. The lowest BCUT2D eigenvalue weighted by atomic mass is 9.97. The number of nitrogens with zero attached hydrogens (tertiary/aromatic N) is 1. The lowest BCUT2D eigenvalue weighted by Crippen LogP contribution is -1.90. The number of aliphatic imine (C=N–C) groups is 1. The summed E-state index contributed by atoms with van der Waals surface area (Å²) < 4.78 is 0. The molecule has 0 bridgehead atoms. The van der Waals surface area contributed by atoms with Gasteiger partial charge < -0.3 is 0 Å². The fourth-order valence-electron chi connectivity index (χ4n) is 3.34. The molecule has 28 heavy (non-hydrogen) atoms. The summed E-state index contributed by atoms with van der Waals surface area (Å²) in [6.07, 6.45) is 2.41. The Hall–Kier alpha value is -3.74. The fourth-order valence-corrected chi connectivity index (χ4v) is 3.34. The average molecular weight is 361 g/mol. The van der Waals surface area contributed by atoms with Crippen LogP contribution in [0.25, 0.3) is 22.3 Å². The fraction of sp³-hybridized carbons (Fsp3) is 0.0385. The zero-order valence-corrected chi connectivity index (χ0v) is 15.4. The molecule has 0 radical (unpaired) electrons. The Balaban J connectivity index is 1.61. The highest BCUT2D eigenvalue weighted by Gasteiger charge is 2.07. The molecule has 0 saturated carbocycles. The Morgan fingerprint density at radius 2 is 1.14 bits per heavy atom. The summed E-state index contributed by atoms with van der Waals surface area (Å²) in [5.41, 5.74) is 7.39. The van der Waals surface area contributed by atoms with Crippen LogP contribution >= 0.6 is 0 Å². The van der Waals surface area contributed by atoms with Crippen molar-refractivity contribution in [2.45, 2.75) is 6.42 Å². The molecule has 2 heteroatoms. The van der Waals surface area contributed by atoms with Gasteiger partial charge in [0.05, 0.1) is 5.69 Å². The summed E-state index contributed by atoms with van der Waals surface area (Å²) in [5, 5.41) is 0. The van der Waals surface area contributed by atoms with Gasteiger partial charge in [-0.25, -0.2) is 4.79 Å². The Morgan fingerprint density at radius 1 is 0.607 bits per heavy atom. The van der Waals surface area contributed by atoms with Gasteiger partial charge in [-0.15, -0.1) is 0 Å². The topological polar surface area (TPSA) is 29.4 Å². The van der Waals surface area contributed by atoms with Crippen molar-refractivity contribution in [2.75, 3.05) is 0 Å². The van der Waals surface area contributed by atoms with E-state index < -0.39 is 0 Å². The largest absolute Gasteiger partial charge is 0.240 e. The van der Waals surface area contributed by atoms with E-state index in [9.17, 15) is 4.79 Å². The van der Waals surface area contributed by atoms with Gasteiger partial charge in [-0.1, -0.05) is 97.1 Å². The molecule has 0 N–H and O–H groups in total. The molecule has 0 amide bonds. The van der Waals surface area contributed by atoms with Gasteiger partial charge in [0.15, 0.2) is 0 Å². The van der Waals surface area contributed by atoms with Crippen molar-refractivity contribution < 1.29 is 4.79 Å². The third-order valence-electron chi connectivity index (χ3n) is 4.81. The van der Waals surface area contributed by atoms with Crippen LogP contribution in [0.1, 0.15) is 11.1 Å². The van der Waals surface area contributed by atoms with E-state index in [0.29, 0.717) is 12.1 Å². The molecular formula is C26H19NO. The number of hydrogen-bond donors (Lipinski definition) is 0. The predicted molar refractivity (Wildman–Crippen MR) is 114 cm³/mol. The molecule has 4 rings (SSSR count). The molecule has 0 fully saturated rings. The van der Waals surface area contributed by atoms with Gasteiger partial charge in [0, 0.05) is 0 Å². The summed E-state index contributed by atoms with van der Waals surface area (Å²) in [7, 11) is 0. The summed E-state index contributed by atoms with van der Waals surface area (Å²) in [5.74, 6) is 0. The van der Waals surface area contributed by atoms with Crippen LogP contribution < -0.4 is 0 Å². The summed E-state index contributed by atoms with van der Waals surface area (Å²) >= 11 is 0. The molecule has 134 valence electrons. The van der Waals surface area contributed by atoms with E-state index in [2.05, 4.69) is 47.5 Å². The van der Waals surface area contributed by atoms with Gasteiger partial charge in [-0.3, -0.25) is 0 Å². The van der Waals surface area contributed by atoms with Crippen molar-refractivity contribution in [3.63, 3.8) is 0 Å². The van der Waals surface area contributed by atoms with Gasteiger partial charge in [0.1, 0.15) is 0 Å². The van der Waals surface area contributed by atoms with E-state index in [1.807, 2.05) is 60.7 Å². The van der Waals surface area contributed by atoms with E-state index in [1.165, 1.54) is 16.7 Å². The van der Waals surface area contributed by atoms with E-state index in [0.717, 1.165) is 16.7 Å². The SMILES string of the molecule is O=C=Nc1cc(-c2ccccc2)ccc1Cc1ccc(-c2ccccc2)cc1. The highest BCUT2D eigenvalue weighted by molar-refractivity contribution is 5.70. The van der Waals surface area contributed by atoms with Gasteiger partial charge >= 0.3 is 0 Å². The first-order valence-corrected chi connectivity index (χ1v) is 9.24. The van der Waals surface area contributed by atoms with Gasteiger partial charge in [0.25, 0.3) is 0 Å². The Bertz CT molecular complexity index is 1110. The lowest BCUT2D eigenvalue weighted by molar-refractivity contribution is 0.565. The maximum Gasteiger partial charge on any atom is 0.240 e. The predicted octanol–water partition coefficient (Wildman–Crippen LogP) is 6.58. The van der Waals surface area contributed by atoms with Gasteiger partial charge in [0.2, 0.25) is 6.08 Å². The van der Waals surface area contributed by atoms with E-state index in [-0.39, 0.29) is 0 Å². The third kappa shape index (κ3) is 3.98. The molecule has 0 heterocycles. The second kappa shape index (κ2) is 8.30. The van der Waals surface area contributed by atoms with Crippen LogP contribution in [0.15, 0.2) is 108 Å². The highest BCUT2D eigenvalue weighted by Crippen LogP contribution is 2.29. The monoisotopic (exact) mass is 361 g/mol. The zero-order chi connectivity index (χ0) is 19.2. The highest BCUT2D eigenvalue weighted by atomic mass is 16.1. The number of isocyanates is 1. The maximum atomic E-state index is 10.9. The van der Waals surface area contributed by atoms with Crippen LogP contribution in [0, 0.1) is 0 Å². The second-order valence-electron chi connectivity index (χ2n) is 6.65. The number of carbonyl (C=O) groups excluding carboxylic acids is 1. The van der Waals surface area contributed by atoms with Crippen LogP contribution in [0.4, 0.5) is 5.69 Å². The lowest BCUT2D eigenvalue weighted by Gasteiger charge is -2.09. The quantitative estimate of drug-likeness (QED) is 0.292. The third-order valence-corrected chi connectivity index (χ3v) is 4.81. The zero-order valence-electron chi connectivity index (χ0n) is 15.4. The van der Waals surface area contributed by atoms with Gasteiger partial charge in [-0.2, -0.15) is 4.99 Å². The molecule has 0 unspecified atom stereocenters. The van der Waals surface area contributed by atoms with Crippen molar-refractivity contribution >= 4 is 11.8 Å². The summed E-state index contributed by atoms with van der Waals surface area (Å²) in [6, 6.07) is 35.0. The van der Waals surface area contributed by atoms with Crippen molar-refractivity contribution in [1.82, 2.24) is 0 Å².